The third-order valence-corrected chi connectivity index (χ3v) is 2.90. The first-order valence-corrected chi connectivity index (χ1v) is 5.55. The maximum Gasteiger partial charge on any atom is 0.137 e. The standard InChI is InChI=1S/C14H10F2N2/c1-9-3-2-4-14-17-13(8-18(9)14)11-6-5-10(15)7-12(11)16/h2-8H,1H3. The van der Waals surface area contributed by atoms with E-state index in [0.717, 1.165) is 17.4 Å². The Labute approximate surface area is 103 Å². The molecule has 0 fully saturated rings. The van der Waals surface area contributed by atoms with Gasteiger partial charge in [-0.3, -0.25) is 0 Å². The fourth-order valence-corrected chi connectivity index (χ4v) is 1.98. The largest absolute Gasteiger partial charge is 0.304 e. The van der Waals surface area contributed by atoms with Crippen molar-refractivity contribution in [2.24, 2.45) is 0 Å². The zero-order chi connectivity index (χ0) is 12.7. The normalized spacial score (nSPS) is 11.1. The van der Waals surface area contributed by atoms with Gasteiger partial charge in [0.2, 0.25) is 0 Å². The molecule has 0 atom stereocenters. The van der Waals surface area contributed by atoms with E-state index in [1.807, 2.05) is 29.5 Å². The van der Waals surface area contributed by atoms with Crippen molar-refractivity contribution in [3.63, 3.8) is 0 Å². The molecular formula is C14H10F2N2. The molecule has 2 aromatic heterocycles. The van der Waals surface area contributed by atoms with Crippen LogP contribution in [0.25, 0.3) is 16.9 Å². The monoisotopic (exact) mass is 244 g/mol. The van der Waals surface area contributed by atoms with Gasteiger partial charge in [0.1, 0.15) is 17.3 Å². The Morgan fingerprint density at radius 3 is 2.67 bits per heavy atom. The first-order valence-electron chi connectivity index (χ1n) is 5.55. The van der Waals surface area contributed by atoms with Crippen LogP contribution in [-0.4, -0.2) is 9.38 Å². The van der Waals surface area contributed by atoms with Crippen molar-refractivity contribution in [3.05, 3.63) is 59.9 Å². The van der Waals surface area contributed by atoms with Gasteiger partial charge in [-0.1, -0.05) is 6.07 Å². The van der Waals surface area contributed by atoms with Gasteiger partial charge >= 0.3 is 0 Å². The summed E-state index contributed by atoms with van der Waals surface area (Å²) in [6.45, 7) is 1.94. The van der Waals surface area contributed by atoms with Gasteiger partial charge in [0.25, 0.3) is 0 Å². The number of aryl methyl sites for hydroxylation is 1. The van der Waals surface area contributed by atoms with Crippen molar-refractivity contribution in [1.82, 2.24) is 9.38 Å². The number of pyridine rings is 1. The van der Waals surface area contributed by atoms with Gasteiger partial charge < -0.3 is 4.40 Å². The lowest BCUT2D eigenvalue weighted by Gasteiger charge is -1.98. The number of hydrogen-bond donors (Lipinski definition) is 0. The molecule has 0 bridgehead atoms. The fraction of sp³-hybridized carbons (Fsp3) is 0.0714. The van der Waals surface area contributed by atoms with Gasteiger partial charge in [0.05, 0.1) is 5.69 Å². The van der Waals surface area contributed by atoms with Crippen LogP contribution in [0.2, 0.25) is 0 Å². The molecule has 0 radical (unpaired) electrons. The van der Waals surface area contributed by atoms with E-state index < -0.39 is 11.6 Å². The molecule has 90 valence electrons. The molecule has 0 N–H and O–H groups in total. The Kier molecular flexibility index (Phi) is 2.37. The number of benzene rings is 1. The first-order chi connectivity index (χ1) is 8.65. The minimum absolute atomic E-state index is 0.305. The molecule has 2 heterocycles. The van der Waals surface area contributed by atoms with E-state index in [1.165, 1.54) is 12.1 Å². The van der Waals surface area contributed by atoms with E-state index in [-0.39, 0.29) is 0 Å². The third-order valence-electron chi connectivity index (χ3n) is 2.90. The lowest BCUT2D eigenvalue weighted by Crippen LogP contribution is -1.87. The van der Waals surface area contributed by atoms with Crippen LogP contribution in [0.5, 0.6) is 0 Å². The summed E-state index contributed by atoms with van der Waals surface area (Å²) in [5.74, 6) is -1.19. The SMILES string of the molecule is Cc1cccc2nc(-c3ccc(F)cc3F)cn12. The second-order valence-electron chi connectivity index (χ2n) is 4.15. The van der Waals surface area contributed by atoms with E-state index in [9.17, 15) is 8.78 Å². The van der Waals surface area contributed by atoms with Gasteiger partial charge in [-0.25, -0.2) is 13.8 Å². The molecule has 1 aromatic carbocycles. The van der Waals surface area contributed by atoms with Crippen LogP contribution in [0.4, 0.5) is 8.78 Å². The maximum absolute atomic E-state index is 13.7. The lowest BCUT2D eigenvalue weighted by atomic mass is 10.1. The van der Waals surface area contributed by atoms with Crippen molar-refractivity contribution in [3.8, 4) is 11.3 Å². The summed E-state index contributed by atoms with van der Waals surface area (Å²) in [6, 6.07) is 9.18. The summed E-state index contributed by atoms with van der Waals surface area (Å²) in [4.78, 5) is 4.33. The van der Waals surface area contributed by atoms with Crippen LogP contribution in [0, 0.1) is 18.6 Å². The molecule has 0 amide bonds. The number of fused-ring (bicyclic) bond motifs is 1. The van der Waals surface area contributed by atoms with Gasteiger partial charge in [0, 0.05) is 23.5 Å². The molecule has 0 spiro atoms. The Morgan fingerprint density at radius 2 is 1.94 bits per heavy atom. The summed E-state index contributed by atoms with van der Waals surface area (Å²) in [6.07, 6.45) is 1.75. The molecule has 3 rings (SSSR count). The molecule has 0 unspecified atom stereocenters. The molecule has 0 aliphatic heterocycles. The first kappa shape index (κ1) is 10.9. The Morgan fingerprint density at radius 1 is 1.11 bits per heavy atom. The molecule has 3 aromatic rings. The Balaban J connectivity index is 2.23. The minimum Gasteiger partial charge on any atom is -0.304 e. The highest BCUT2D eigenvalue weighted by Gasteiger charge is 2.10. The number of rotatable bonds is 1. The van der Waals surface area contributed by atoms with Crippen LogP contribution in [0.3, 0.4) is 0 Å². The number of halogens is 2. The summed E-state index contributed by atoms with van der Waals surface area (Å²) in [7, 11) is 0. The third kappa shape index (κ3) is 1.66. The summed E-state index contributed by atoms with van der Waals surface area (Å²) >= 11 is 0. The second kappa shape index (κ2) is 3.91. The topological polar surface area (TPSA) is 17.3 Å². The van der Waals surface area contributed by atoms with E-state index in [0.29, 0.717) is 11.3 Å². The van der Waals surface area contributed by atoms with Crippen molar-refractivity contribution >= 4 is 5.65 Å². The highest BCUT2D eigenvalue weighted by atomic mass is 19.1. The molecule has 18 heavy (non-hydrogen) atoms. The molecular weight excluding hydrogens is 234 g/mol. The molecule has 2 nitrogen and oxygen atoms in total. The quantitative estimate of drug-likeness (QED) is 0.639. The van der Waals surface area contributed by atoms with Gasteiger partial charge in [-0.15, -0.1) is 0 Å². The van der Waals surface area contributed by atoms with E-state index in [2.05, 4.69) is 4.98 Å². The molecule has 0 saturated carbocycles. The number of aromatic nitrogens is 2. The average molecular weight is 244 g/mol. The molecule has 0 aliphatic rings. The maximum atomic E-state index is 13.7. The van der Waals surface area contributed by atoms with Gasteiger partial charge in [-0.05, 0) is 31.2 Å². The van der Waals surface area contributed by atoms with Crippen molar-refractivity contribution < 1.29 is 8.78 Å². The zero-order valence-electron chi connectivity index (χ0n) is 9.69. The second-order valence-corrected chi connectivity index (χ2v) is 4.15. The van der Waals surface area contributed by atoms with Crippen LogP contribution in [0.15, 0.2) is 42.6 Å². The number of hydrogen-bond acceptors (Lipinski definition) is 1. The summed E-state index contributed by atoms with van der Waals surface area (Å²) in [5.41, 5.74) is 2.56. The van der Waals surface area contributed by atoms with Crippen LogP contribution in [-0.2, 0) is 0 Å². The number of nitrogens with zero attached hydrogens (tertiary/aromatic N) is 2. The van der Waals surface area contributed by atoms with Gasteiger partial charge in [0.15, 0.2) is 0 Å². The van der Waals surface area contributed by atoms with Crippen molar-refractivity contribution in [2.45, 2.75) is 6.92 Å². The van der Waals surface area contributed by atoms with Crippen molar-refractivity contribution in [1.29, 1.82) is 0 Å². The Hall–Kier alpha value is -2.23. The van der Waals surface area contributed by atoms with Gasteiger partial charge in [-0.2, -0.15) is 0 Å². The highest BCUT2D eigenvalue weighted by Crippen LogP contribution is 2.23. The number of imidazole rings is 1. The smallest absolute Gasteiger partial charge is 0.137 e. The highest BCUT2D eigenvalue weighted by molar-refractivity contribution is 5.63. The Bertz CT molecular complexity index is 732. The van der Waals surface area contributed by atoms with Crippen LogP contribution < -0.4 is 0 Å². The van der Waals surface area contributed by atoms with Crippen LogP contribution >= 0.6 is 0 Å². The lowest BCUT2D eigenvalue weighted by molar-refractivity contribution is 0.585. The zero-order valence-corrected chi connectivity index (χ0v) is 9.69. The predicted molar refractivity (Wildman–Crippen MR) is 65.3 cm³/mol. The van der Waals surface area contributed by atoms with E-state index in [4.69, 9.17) is 0 Å². The molecule has 0 aliphatic carbocycles. The molecule has 4 heteroatoms. The average Bonchev–Trinajstić information content (AvgIpc) is 2.74. The summed E-state index contributed by atoms with van der Waals surface area (Å²) < 4.78 is 28.4. The van der Waals surface area contributed by atoms with Crippen molar-refractivity contribution in [2.75, 3.05) is 0 Å². The van der Waals surface area contributed by atoms with Crippen LogP contribution in [0.1, 0.15) is 5.69 Å². The summed E-state index contributed by atoms with van der Waals surface area (Å²) in [5, 5.41) is 0. The molecule has 0 saturated heterocycles. The minimum atomic E-state index is -0.601. The predicted octanol–water partition coefficient (Wildman–Crippen LogP) is 3.59. The fourth-order valence-electron chi connectivity index (χ4n) is 1.98. The van der Waals surface area contributed by atoms with E-state index in [1.54, 1.807) is 6.20 Å². The van der Waals surface area contributed by atoms with E-state index >= 15 is 0 Å².